The first-order valence-corrected chi connectivity index (χ1v) is 19.9. The largest absolute Gasteiger partial charge is 0.507 e. The van der Waals surface area contributed by atoms with Gasteiger partial charge in [-0.1, -0.05) is 94.8 Å². The Hall–Kier alpha value is -2.43. The smallest absolute Gasteiger partial charge is 0.124 e. The molecule has 2 aliphatic rings. The summed E-state index contributed by atoms with van der Waals surface area (Å²) >= 11 is 5.82. The lowest BCUT2D eigenvalue weighted by Gasteiger charge is -2.36. The fourth-order valence-electron chi connectivity index (χ4n) is 6.95. The van der Waals surface area contributed by atoms with Crippen molar-refractivity contribution in [2.24, 2.45) is 0 Å². The molecule has 250 valence electrons. The normalized spacial score (nSPS) is 17.0. The lowest BCUT2D eigenvalue weighted by Crippen LogP contribution is -2.45. The van der Waals surface area contributed by atoms with Crippen LogP contribution in [-0.2, 0) is 32.6 Å². The molecule has 0 spiro atoms. The quantitative estimate of drug-likeness (QED) is 0.119. The second-order valence-corrected chi connectivity index (χ2v) is 16.3. The van der Waals surface area contributed by atoms with Gasteiger partial charge in [0.05, 0.1) is 4.88 Å². The molecule has 3 aromatic carbocycles. The number of piperazine rings is 2. The van der Waals surface area contributed by atoms with Crippen molar-refractivity contribution in [2.75, 3.05) is 52.4 Å². The molecule has 4 aromatic rings. The van der Waals surface area contributed by atoms with E-state index < -0.39 is 0 Å². The van der Waals surface area contributed by atoms with Crippen LogP contribution in [0.3, 0.4) is 0 Å². The monoisotopic (exact) mass is 686 g/mol. The van der Waals surface area contributed by atoms with Crippen LogP contribution in [0.15, 0.2) is 60.7 Å². The molecular formula is C39H50N4OS3. The lowest BCUT2D eigenvalue weighted by atomic mass is 9.98. The summed E-state index contributed by atoms with van der Waals surface area (Å²) in [5.41, 5.74) is 10.2. The molecule has 5 nitrogen and oxygen atoms in total. The van der Waals surface area contributed by atoms with Crippen molar-refractivity contribution in [1.82, 2.24) is 19.6 Å². The molecule has 0 saturated carbocycles. The first-order chi connectivity index (χ1) is 22.9. The predicted octanol–water partition coefficient (Wildman–Crippen LogP) is 8.51. The van der Waals surface area contributed by atoms with Crippen molar-refractivity contribution in [2.45, 2.75) is 66.2 Å². The van der Waals surface area contributed by atoms with Gasteiger partial charge in [-0.15, -0.1) is 0 Å². The molecule has 2 aliphatic heterocycles. The number of rotatable bonds is 12. The van der Waals surface area contributed by atoms with Crippen molar-refractivity contribution < 1.29 is 5.11 Å². The Morgan fingerprint density at radius 3 is 1.49 bits per heavy atom. The average Bonchev–Trinajstić information content (AvgIpc) is 3.45. The zero-order valence-electron chi connectivity index (χ0n) is 28.3. The number of hydrogen-bond donors (Lipinski definition) is 1. The number of hydrogen-bond acceptors (Lipinski definition) is 8. The van der Waals surface area contributed by atoms with Crippen LogP contribution in [0.4, 0.5) is 0 Å². The van der Waals surface area contributed by atoms with Crippen LogP contribution < -0.4 is 0 Å². The van der Waals surface area contributed by atoms with E-state index in [4.69, 9.17) is 12.2 Å². The Bertz CT molecular complexity index is 1590. The number of phenolic OH excluding ortho intramolecular Hbond substituents is 1. The molecule has 47 heavy (non-hydrogen) atoms. The second-order valence-electron chi connectivity index (χ2n) is 13.5. The maximum Gasteiger partial charge on any atom is 0.124 e. The van der Waals surface area contributed by atoms with Crippen LogP contribution >= 0.6 is 32.9 Å². The highest BCUT2D eigenvalue weighted by molar-refractivity contribution is 7.80. The summed E-state index contributed by atoms with van der Waals surface area (Å²) in [4.78, 5) is 11.5. The Labute approximate surface area is 294 Å². The van der Waals surface area contributed by atoms with E-state index in [1.54, 1.807) is 10.3 Å². The van der Waals surface area contributed by atoms with Crippen molar-refractivity contribution in [1.29, 1.82) is 0 Å². The minimum absolute atomic E-state index is 0.479. The minimum Gasteiger partial charge on any atom is -0.507 e. The van der Waals surface area contributed by atoms with Crippen LogP contribution in [0.1, 0.15) is 58.7 Å². The molecule has 2 saturated heterocycles. The van der Waals surface area contributed by atoms with Gasteiger partial charge in [0.15, 0.2) is 0 Å². The molecule has 0 bridgehead atoms. The third kappa shape index (κ3) is 8.79. The fraction of sp³-hybridized carbons (Fsp3) is 0.462. The first kappa shape index (κ1) is 34.4. The first-order valence-electron chi connectivity index (χ1n) is 17.3. The van der Waals surface area contributed by atoms with Crippen molar-refractivity contribution >= 4 is 32.9 Å². The van der Waals surface area contributed by atoms with E-state index >= 15 is 0 Å². The van der Waals surface area contributed by atoms with Crippen LogP contribution in [0, 0.1) is 17.7 Å². The van der Waals surface area contributed by atoms with Crippen LogP contribution in [0.2, 0.25) is 0 Å². The van der Waals surface area contributed by atoms with Gasteiger partial charge in [0.1, 0.15) is 9.57 Å². The maximum atomic E-state index is 11.8. The van der Waals surface area contributed by atoms with Crippen molar-refractivity contribution in [3.63, 3.8) is 0 Å². The van der Waals surface area contributed by atoms with Crippen molar-refractivity contribution in [3.8, 4) is 16.2 Å². The van der Waals surface area contributed by atoms with E-state index in [9.17, 15) is 5.11 Å². The Morgan fingerprint density at radius 1 is 0.638 bits per heavy atom. The number of phenols is 1. The van der Waals surface area contributed by atoms with E-state index in [2.05, 4.69) is 101 Å². The summed E-state index contributed by atoms with van der Waals surface area (Å²) < 4.78 is 1.03. The van der Waals surface area contributed by atoms with Gasteiger partial charge in [-0.25, -0.2) is 0 Å². The van der Waals surface area contributed by atoms with Crippen LogP contribution in [0.5, 0.6) is 5.75 Å². The molecule has 0 radical (unpaired) electrons. The zero-order chi connectivity index (χ0) is 32.8. The predicted molar refractivity (Wildman–Crippen MR) is 202 cm³/mol. The maximum absolute atomic E-state index is 11.8. The summed E-state index contributed by atoms with van der Waals surface area (Å²) in [6.45, 7) is 18.4. The van der Waals surface area contributed by atoms with Gasteiger partial charge in [-0.05, 0) is 72.2 Å². The van der Waals surface area contributed by atoms with Crippen LogP contribution in [-0.4, -0.2) is 77.1 Å². The molecular weight excluding hydrogens is 637 g/mol. The summed E-state index contributed by atoms with van der Waals surface area (Å²) in [7, 11) is 3.54. The summed E-state index contributed by atoms with van der Waals surface area (Å²) in [5.74, 6) is 0.479. The van der Waals surface area contributed by atoms with Gasteiger partial charge in [0, 0.05) is 89.7 Å². The second kappa shape index (κ2) is 16.3. The van der Waals surface area contributed by atoms with E-state index in [0.29, 0.717) is 5.75 Å². The molecule has 0 aliphatic carbocycles. The van der Waals surface area contributed by atoms with E-state index in [1.807, 2.05) is 10.3 Å². The van der Waals surface area contributed by atoms with Gasteiger partial charge in [-0.2, -0.15) is 0 Å². The highest BCUT2D eigenvalue weighted by Gasteiger charge is 2.24. The summed E-state index contributed by atoms with van der Waals surface area (Å²) in [5, 5.41) is 11.8. The van der Waals surface area contributed by atoms with Gasteiger partial charge >= 0.3 is 0 Å². The number of benzene rings is 3. The minimum atomic E-state index is 0.479. The highest BCUT2D eigenvalue weighted by Crippen LogP contribution is 2.39. The Kier molecular flexibility index (Phi) is 12.0. The molecule has 0 amide bonds. The van der Waals surface area contributed by atoms with E-state index in [1.165, 1.54) is 38.3 Å². The zero-order valence-corrected chi connectivity index (χ0v) is 30.8. The molecule has 2 fully saturated rings. The van der Waals surface area contributed by atoms with E-state index in [0.717, 1.165) is 113 Å². The van der Waals surface area contributed by atoms with Gasteiger partial charge in [0.25, 0.3) is 0 Å². The summed E-state index contributed by atoms with van der Waals surface area (Å²) in [6.07, 6.45) is 3.34. The molecule has 1 aromatic heterocycles. The fourth-order valence-corrected chi connectivity index (χ4v) is 9.94. The SMILES string of the molecule is CCCCc1c(-c2cc(CN3CCN(Cc4ccccc4C)CC3)c(O)c(CN3CCN(Cc4ccccc4C)CC3)c2)ssc1=S. The topological polar surface area (TPSA) is 33.2 Å². The number of aromatic hydroxyl groups is 1. The average molecular weight is 687 g/mol. The van der Waals surface area contributed by atoms with Gasteiger partial charge < -0.3 is 5.11 Å². The molecule has 1 N–H and O–H groups in total. The molecule has 0 unspecified atom stereocenters. The van der Waals surface area contributed by atoms with Gasteiger partial charge in [0.2, 0.25) is 0 Å². The molecule has 8 heteroatoms. The highest BCUT2D eigenvalue weighted by atomic mass is 32.9. The molecule has 0 atom stereocenters. The Morgan fingerprint density at radius 2 is 1.06 bits per heavy atom. The standard InChI is InChI=1S/C39H50N4OS3/c1-4-5-14-36-38(46-47-39(36)45)33-23-34(27-42-19-15-40(16-20-42)25-31-12-8-6-10-29(31)2)37(44)35(24-33)28-43-21-17-41(18-22-43)26-32-13-9-7-11-30(32)3/h6-13,23-24,44H,4-5,14-22,25-28H2,1-3H3. The number of unbranched alkanes of at least 4 members (excludes halogenated alkanes) is 1. The Balaban J connectivity index is 1.17. The number of aryl methyl sites for hydroxylation is 2. The van der Waals surface area contributed by atoms with Crippen LogP contribution in [0.25, 0.3) is 10.4 Å². The third-order valence-corrected chi connectivity index (χ3v) is 13.3. The number of nitrogens with zero attached hydrogens (tertiary/aromatic N) is 4. The van der Waals surface area contributed by atoms with E-state index in [-0.39, 0.29) is 0 Å². The molecule has 3 heterocycles. The lowest BCUT2D eigenvalue weighted by molar-refractivity contribution is 0.119. The van der Waals surface area contributed by atoms with Gasteiger partial charge in [-0.3, -0.25) is 19.6 Å². The molecule has 6 rings (SSSR count). The van der Waals surface area contributed by atoms with Crippen molar-refractivity contribution in [3.05, 3.63) is 103 Å². The third-order valence-electron chi connectivity index (χ3n) is 10.1. The summed E-state index contributed by atoms with van der Waals surface area (Å²) in [6, 6.07) is 22.0.